The molecule has 1 saturated carbocycles. The summed E-state index contributed by atoms with van der Waals surface area (Å²) in [6.07, 6.45) is 6.67. The van der Waals surface area contributed by atoms with Gasteiger partial charge in [-0.2, -0.15) is 10.5 Å². The van der Waals surface area contributed by atoms with E-state index in [1.54, 1.807) is 12.1 Å². The van der Waals surface area contributed by atoms with Gasteiger partial charge in [-0.3, -0.25) is 0 Å². The van der Waals surface area contributed by atoms with Crippen LogP contribution in [0.15, 0.2) is 18.2 Å². The molecule has 0 amide bonds. The first-order chi connectivity index (χ1) is 8.83. The second-order valence-electron chi connectivity index (χ2n) is 4.85. The molecule has 1 aliphatic carbocycles. The summed E-state index contributed by atoms with van der Waals surface area (Å²) in [4.78, 5) is 0. The highest BCUT2D eigenvalue weighted by molar-refractivity contribution is 5.56. The zero-order valence-corrected chi connectivity index (χ0v) is 10.4. The maximum absolute atomic E-state index is 8.94. The number of anilines is 1. The second kappa shape index (κ2) is 6.07. The Morgan fingerprint density at radius 1 is 1.11 bits per heavy atom. The minimum absolute atomic E-state index is 0.443. The summed E-state index contributed by atoms with van der Waals surface area (Å²) < 4.78 is 0. The average molecular weight is 239 g/mol. The predicted octanol–water partition coefficient (Wildman–Crippen LogP) is 3.42. The highest BCUT2D eigenvalue weighted by atomic mass is 14.9. The minimum atomic E-state index is 0.443. The Morgan fingerprint density at radius 2 is 1.83 bits per heavy atom. The number of benzene rings is 1. The molecule has 0 bridgehead atoms. The second-order valence-corrected chi connectivity index (χ2v) is 4.85. The fourth-order valence-electron chi connectivity index (χ4n) is 2.56. The molecule has 0 saturated heterocycles. The quantitative estimate of drug-likeness (QED) is 0.875. The summed E-state index contributed by atoms with van der Waals surface area (Å²) in [6.45, 7) is 0.946. The molecule has 0 aliphatic heterocycles. The minimum Gasteiger partial charge on any atom is -0.385 e. The molecule has 1 N–H and O–H groups in total. The van der Waals surface area contributed by atoms with E-state index in [2.05, 4.69) is 11.4 Å². The molecule has 0 unspecified atom stereocenters. The van der Waals surface area contributed by atoms with Crippen LogP contribution in [0.25, 0.3) is 0 Å². The van der Waals surface area contributed by atoms with Gasteiger partial charge in [0, 0.05) is 12.2 Å². The molecular formula is C15H17N3. The fraction of sp³-hybridized carbons (Fsp3) is 0.467. The number of nitrogens with one attached hydrogen (secondary N) is 1. The normalized spacial score (nSPS) is 15.0. The highest BCUT2D eigenvalue weighted by Crippen LogP contribution is 2.27. The van der Waals surface area contributed by atoms with Crippen molar-refractivity contribution in [1.82, 2.24) is 0 Å². The van der Waals surface area contributed by atoms with Crippen LogP contribution in [0.2, 0.25) is 0 Å². The van der Waals surface area contributed by atoms with Gasteiger partial charge in [-0.15, -0.1) is 0 Å². The lowest BCUT2D eigenvalue weighted by Gasteiger charge is -2.11. The molecule has 1 aromatic carbocycles. The summed E-state index contributed by atoms with van der Waals surface area (Å²) in [5, 5.41) is 21.1. The van der Waals surface area contributed by atoms with E-state index in [1.165, 1.54) is 32.1 Å². The number of rotatable bonds is 4. The van der Waals surface area contributed by atoms with E-state index in [0.29, 0.717) is 11.1 Å². The Hall–Kier alpha value is -2.00. The smallest absolute Gasteiger partial charge is 0.101 e. The Labute approximate surface area is 108 Å². The molecule has 0 radical (unpaired) electrons. The summed E-state index contributed by atoms with van der Waals surface area (Å²) in [5.41, 5.74) is 1.82. The van der Waals surface area contributed by atoms with Gasteiger partial charge in [0.05, 0.1) is 11.1 Å². The Morgan fingerprint density at radius 3 is 2.50 bits per heavy atom. The van der Waals surface area contributed by atoms with Gasteiger partial charge in [-0.05, 0) is 30.5 Å². The first-order valence-electron chi connectivity index (χ1n) is 6.51. The molecule has 2 rings (SSSR count). The molecule has 1 aromatic rings. The van der Waals surface area contributed by atoms with Crippen LogP contribution in [-0.4, -0.2) is 6.54 Å². The van der Waals surface area contributed by atoms with Crippen molar-refractivity contribution in [3.8, 4) is 12.1 Å². The lowest BCUT2D eigenvalue weighted by molar-refractivity contribution is 0.518. The van der Waals surface area contributed by atoms with Gasteiger partial charge in [0.15, 0.2) is 0 Å². The molecule has 92 valence electrons. The standard InChI is InChI=1S/C15H17N3/c16-10-13-5-6-15(9-14(13)11-17)18-8-7-12-3-1-2-4-12/h5-6,9,12,18H,1-4,7-8H2. The number of hydrogen-bond acceptors (Lipinski definition) is 3. The maximum atomic E-state index is 8.94. The molecule has 1 aliphatic rings. The summed E-state index contributed by atoms with van der Waals surface area (Å²) in [5.74, 6) is 0.867. The van der Waals surface area contributed by atoms with E-state index in [-0.39, 0.29) is 0 Å². The molecule has 0 aromatic heterocycles. The molecule has 0 spiro atoms. The molecule has 3 nitrogen and oxygen atoms in total. The van der Waals surface area contributed by atoms with Crippen LogP contribution in [0, 0.1) is 28.6 Å². The van der Waals surface area contributed by atoms with Gasteiger partial charge in [0.2, 0.25) is 0 Å². The van der Waals surface area contributed by atoms with Crippen molar-refractivity contribution in [2.24, 2.45) is 5.92 Å². The largest absolute Gasteiger partial charge is 0.385 e. The van der Waals surface area contributed by atoms with Crippen molar-refractivity contribution in [1.29, 1.82) is 10.5 Å². The van der Waals surface area contributed by atoms with Crippen molar-refractivity contribution in [2.75, 3.05) is 11.9 Å². The van der Waals surface area contributed by atoms with Crippen molar-refractivity contribution >= 4 is 5.69 Å². The summed E-state index contributed by atoms with van der Waals surface area (Å²) in [6, 6.07) is 9.41. The van der Waals surface area contributed by atoms with Gasteiger partial charge in [0.25, 0.3) is 0 Å². The summed E-state index contributed by atoms with van der Waals surface area (Å²) >= 11 is 0. The fourth-order valence-corrected chi connectivity index (χ4v) is 2.56. The highest BCUT2D eigenvalue weighted by Gasteiger charge is 2.14. The number of nitriles is 2. The zero-order valence-electron chi connectivity index (χ0n) is 10.4. The van der Waals surface area contributed by atoms with Gasteiger partial charge >= 0.3 is 0 Å². The molecule has 0 heterocycles. The van der Waals surface area contributed by atoms with Crippen molar-refractivity contribution < 1.29 is 0 Å². The van der Waals surface area contributed by atoms with Crippen molar-refractivity contribution in [3.63, 3.8) is 0 Å². The Kier molecular flexibility index (Phi) is 4.20. The van der Waals surface area contributed by atoms with E-state index >= 15 is 0 Å². The van der Waals surface area contributed by atoms with Gasteiger partial charge in [0.1, 0.15) is 12.1 Å². The van der Waals surface area contributed by atoms with Crippen LogP contribution in [-0.2, 0) is 0 Å². The van der Waals surface area contributed by atoms with Gasteiger partial charge in [-0.1, -0.05) is 25.7 Å². The van der Waals surface area contributed by atoms with Gasteiger partial charge in [-0.25, -0.2) is 0 Å². The lowest BCUT2D eigenvalue weighted by Crippen LogP contribution is -2.06. The van der Waals surface area contributed by atoms with Crippen LogP contribution in [0.4, 0.5) is 5.69 Å². The number of hydrogen-bond donors (Lipinski definition) is 1. The third-order valence-corrected chi connectivity index (χ3v) is 3.62. The SMILES string of the molecule is N#Cc1ccc(NCCC2CCCC2)cc1C#N. The van der Waals surface area contributed by atoms with Crippen LogP contribution in [0.3, 0.4) is 0 Å². The first kappa shape index (κ1) is 12.5. The molecule has 3 heteroatoms. The van der Waals surface area contributed by atoms with Crippen LogP contribution >= 0.6 is 0 Å². The summed E-state index contributed by atoms with van der Waals surface area (Å²) in [7, 11) is 0. The lowest BCUT2D eigenvalue weighted by atomic mass is 10.0. The predicted molar refractivity (Wildman–Crippen MR) is 70.9 cm³/mol. The van der Waals surface area contributed by atoms with Crippen LogP contribution in [0.1, 0.15) is 43.2 Å². The van der Waals surface area contributed by atoms with E-state index in [1.807, 2.05) is 12.1 Å². The third-order valence-electron chi connectivity index (χ3n) is 3.62. The van der Waals surface area contributed by atoms with E-state index in [0.717, 1.165) is 18.2 Å². The van der Waals surface area contributed by atoms with Crippen LogP contribution in [0.5, 0.6) is 0 Å². The maximum Gasteiger partial charge on any atom is 0.101 e. The van der Waals surface area contributed by atoms with E-state index < -0.39 is 0 Å². The molecule has 18 heavy (non-hydrogen) atoms. The van der Waals surface area contributed by atoms with Crippen molar-refractivity contribution in [3.05, 3.63) is 29.3 Å². The van der Waals surface area contributed by atoms with E-state index in [9.17, 15) is 0 Å². The number of nitrogens with zero attached hydrogens (tertiary/aromatic N) is 2. The van der Waals surface area contributed by atoms with Gasteiger partial charge < -0.3 is 5.32 Å². The average Bonchev–Trinajstić information content (AvgIpc) is 2.91. The molecule has 0 atom stereocenters. The topological polar surface area (TPSA) is 59.6 Å². The van der Waals surface area contributed by atoms with Crippen LogP contribution < -0.4 is 5.32 Å². The monoisotopic (exact) mass is 239 g/mol. The first-order valence-corrected chi connectivity index (χ1v) is 6.51. The Bertz CT molecular complexity index is 487. The zero-order chi connectivity index (χ0) is 12.8. The van der Waals surface area contributed by atoms with Crippen molar-refractivity contribution in [2.45, 2.75) is 32.1 Å². The molecular weight excluding hydrogens is 222 g/mol. The third kappa shape index (κ3) is 3.02. The van der Waals surface area contributed by atoms with E-state index in [4.69, 9.17) is 10.5 Å². The molecule has 1 fully saturated rings. The Balaban J connectivity index is 1.89.